The molecule has 0 atom stereocenters. The molecule has 0 fully saturated rings. The molecule has 0 rings (SSSR count). The van der Waals surface area contributed by atoms with Crippen molar-refractivity contribution in [1.82, 2.24) is 0 Å². The second kappa shape index (κ2) is 41.0. The van der Waals surface area contributed by atoms with Crippen molar-refractivity contribution in [3.63, 3.8) is 0 Å². The van der Waals surface area contributed by atoms with Crippen molar-refractivity contribution in [3.05, 3.63) is 13.1 Å². The van der Waals surface area contributed by atoms with E-state index in [9.17, 15) is 0 Å². The van der Waals surface area contributed by atoms with Crippen LogP contribution in [0.4, 0.5) is 0 Å². The number of nitrogens with two attached hydrogens (primary N) is 1. The minimum atomic E-state index is 0. The van der Waals surface area contributed by atoms with E-state index in [1.807, 2.05) is 0 Å². The van der Waals surface area contributed by atoms with Crippen molar-refractivity contribution < 1.29 is 46.5 Å². The minimum Gasteiger partial charge on any atom is -1.00 e. The minimum absolute atomic E-state index is 0. The van der Waals surface area contributed by atoms with Crippen LogP contribution in [0, 0.1) is 6.92 Å². The van der Waals surface area contributed by atoms with Crippen LogP contribution >= 0.6 is 0 Å². The zero-order valence-corrected chi connectivity index (χ0v) is 8.03. The van der Waals surface area contributed by atoms with Crippen molar-refractivity contribution in [2.24, 2.45) is 0 Å². The first-order chi connectivity index (χ1) is 1.91. The van der Waals surface area contributed by atoms with Gasteiger partial charge in [0, 0.05) is 0 Å². The van der Waals surface area contributed by atoms with Gasteiger partial charge in [0.25, 0.3) is 0 Å². The van der Waals surface area contributed by atoms with Crippen LogP contribution in [0.1, 0.15) is 19.8 Å². The molecule has 0 saturated heterocycles. The maximum atomic E-state index is 3.60. The molecule has 0 bridgehead atoms. The van der Waals surface area contributed by atoms with Crippen molar-refractivity contribution in [3.8, 4) is 0 Å². The van der Waals surface area contributed by atoms with E-state index in [1.54, 1.807) is 0 Å². The molecule has 0 radical (unpaired) electrons. The molecule has 1 nitrogen and oxygen atoms in total. The van der Waals surface area contributed by atoms with E-state index in [0.717, 1.165) is 6.42 Å². The average Bonchev–Trinajstić information content (AvgIpc) is 1.37. The van der Waals surface area contributed by atoms with E-state index >= 15 is 0 Å². The predicted molar refractivity (Wildman–Crippen MR) is 25.5 cm³/mol. The summed E-state index contributed by atoms with van der Waals surface area (Å²) in [5.74, 6) is 0. The van der Waals surface area contributed by atoms with Gasteiger partial charge in [0.2, 0.25) is 0 Å². The van der Waals surface area contributed by atoms with E-state index in [0.29, 0.717) is 0 Å². The van der Waals surface area contributed by atoms with E-state index in [-0.39, 0.29) is 52.7 Å². The van der Waals surface area contributed by atoms with Gasteiger partial charge >= 0.3 is 21.7 Å². The third kappa shape index (κ3) is 55.8. The normalized spacial score (nSPS) is 3.75. The molecule has 2 N–H and O–H groups in total. The van der Waals surface area contributed by atoms with Gasteiger partial charge in [-0.2, -0.15) is 6.42 Å². The summed E-state index contributed by atoms with van der Waals surface area (Å²) in [5, 5.41) is 0. The average molecular weight is 192 g/mol. The molecule has 50 valence electrons. The summed E-state index contributed by atoms with van der Waals surface area (Å²) in [6, 6.07) is 0. The first-order valence-electron chi connectivity index (χ1n) is 1.71. The topological polar surface area (TPSA) is 33.5 Å². The molecule has 0 amide bonds. The molecule has 0 aromatic rings. The summed E-state index contributed by atoms with van der Waals surface area (Å²) in [6.45, 7) is 5.72. The Balaban J connectivity index is -0.00000000750. The fraction of sp³-hybridized carbons (Fsp3) is 0.750. The third-order valence-corrected chi connectivity index (χ3v) is 0.354. The van der Waals surface area contributed by atoms with Crippen LogP contribution < -0.4 is 24.8 Å². The quantitative estimate of drug-likeness (QED) is 0.303. The molecule has 0 saturated carbocycles. The molecular weight excluding hydrogens is 181 g/mol. The Morgan fingerprint density at radius 1 is 1.25 bits per heavy atom. The van der Waals surface area contributed by atoms with Gasteiger partial charge in [0.15, 0.2) is 0 Å². The van der Waals surface area contributed by atoms with Crippen LogP contribution in [0.5, 0.6) is 0 Å². The van der Waals surface area contributed by atoms with Crippen LogP contribution in [-0.2, 0) is 21.7 Å². The van der Waals surface area contributed by atoms with Crippen molar-refractivity contribution in [2.45, 2.75) is 19.8 Å². The summed E-state index contributed by atoms with van der Waals surface area (Å²) >= 11 is 0. The van der Waals surface area contributed by atoms with Crippen LogP contribution in [0.3, 0.4) is 0 Å². The number of hydrogen-bond acceptors (Lipinski definition) is 0. The Kier molecular flexibility index (Phi) is 179. The smallest absolute Gasteiger partial charge is 1.00 e. The number of unbranched alkanes of at least 4 members (excludes halogenated alkanes) is 1. The summed E-state index contributed by atoms with van der Waals surface area (Å²) in [4.78, 5) is 0. The van der Waals surface area contributed by atoms with Crippen LogP contribution in [0.15, 0.2) is 0 Å². The Hall–Kier alpha value is 1.25. The fourth-order valence-corrected chi connectivity index (χ4v) is 0. The Morgan fingerprint density at radius 3 is 1.38 bits per heavy atom. The monoisotopic (exact) mass is 191 g/mol. The summed E-state index contributed by atoms with van der Waals surface area (Å²) in [5.41, 5.74) is 0. The van der Waals surface area contributed by atoms with Crippen molar-refractivity contribution >= 4 is 0 Å². The summed E-state index contributed by atoms with van der Waals surface area (Å²) in [6.07, 6.45) is 2.28. The molecule has 0 aliphatic rings. The van der Waals surface area contributed by atoms with Gasteiger partial charge in [0.1, 0.15) is 0 Å². The maximum Gasteiger partial charge on any atom is 4.00 e. The molecule has 8 heavy (non-hydrogen) atoms. The first-order valence-corrected chi connectivity index (χ1v) is 1.71. The molecule has 0 aromatic heterocycles. The van der Waals surface area contributed by atoms with Gasteiger partial charge in [-0.25, -0.2) is 0 Å². The Labute approximate surface area is 79.3 Å². The third-order valence-electron chi connectivity index (χ3n) is 0.354. The van der Waals surface area contributed by atoms with Crippen LogP contribution in [0.2, 0.25) is 0 Å². The zero-order chi connectivity index (χ0) is 3.41. The standard InChI is InChI=1S/C4H9.2ClH.H2N.Ti/c1-3-4-2;;;;/h1,3-4H2,2H3;2*1H;1H2;/q-1;;;-1;+4/p-2. The second-order valence-corrected chi connectivity index (χ2v) is 0.854. The molecule has 0 spiro atoms. The summed E-state index contributed by atoms with van der Waals surface area (Å²) in [7, 11) is 0. The first kappa shape index (κ1) is 34.8. The van der Waals surface area contributed by atoms with E-state index in [1.165, 1.54) is 6.42 Å². The van der Waals surface area contributed by atoms with Gasteiger partial charge in [-0.05, 0) is 0 Å². The van der Waals surface area contributed by atoms with Crippen LogP contribution in [0.25, 0.3) is 6.15 Å². The van der Waals surface area contributed by atoms with Gasteiger partial charge in [-0.15, -0.1) is 0 Å². The van der Waals surface area contributed by atoms with Crippen molar-refractivity contribution in [2.75, 3.05) is 0 Å². The van der Waals surface area contributed by atoms with Crippen LogP contribution in [-0.4, -0.2) is 0 Å². The predicted octanol–water partition coefficient (Wildman–Crippen LogP) is -3.66. The Morgan fingerprint density at radius 2 is 1.38 bits per heavy atom. The molecule has 0 aromatic carbocycles. The molecule has 0 unspecified atom stereocenters. The van der Waals surface area contributed by atoms with Gasteiger partial charge in [0.05, 0.1) is 0 Å². The SMILES string of the molecule is [CH2-]CCC.[Cl-].[Cl-].[NH2-].[Ti+4]. The molecular formula is C4H11Cl2NTi. The van der Waals surface area contributed by atoms with Crippen molar-refractivity contribution in [1.29, 1.82) is 0 Å². The fourth-order valence-electron chi connectivity index (χ4n) is 0. The number of hydrogen-bond donors (Lipinski definition) is 0. The van der Waals surface area contributed by atoms with E-state index in [2.05, 4.69) is 13.8 Å². The molecule has 4 heteroatoms. The van der Waals surface area contributed by atoms with E-state index in [4.69, 9.17) is 0 Å². The van der Waals surface area contributed by atoms with Gasteiger partial charge in [-0.1, -0.05) is 13.3 Å². The Bertz CT molecular complexity index is 16.0. The molecule has 0 heterocycles. The van der Waals surface area contributed by atoms with Gasteiger partial charge < -0.3 is 37.9 Å². The second-order valence-electron chi connectivity index (χ2n) is 0.854. The zero-order valence-electron chi connectivity index (χ0n) is 4.95. The molecule has 0 aliphatic heterocycles. The molecule has 0 aliphatic carbocycles. The largest absolute Gasteiger partial charge is 4.00 e. The summed E-state index contributed by atoms with van der Waals surface area (Å²) < 4.78 is 0. The number of rotatable bonds is 1. The maximum absolute atomic E-state index is 3.60. The number of halogens is 2. The van der Waals surface area contributed by atoms with Gasteiger partial charge in [-0.3, -0.25) is 0 Å². The van der Waals surface area contributed by atoms with E-state index < -0.39 is 0 Å².